The molecule has 6 heavy (non-hydrogen) atoms. The summed E-state index contributed by atoms with van der Waals surface area (Å²) in [7, 11) is 0. The molecule has 0 amide bonds. The molecule has 0 bridgehead atoms. The van der Waals surface area contributed by atoms with E-state index in [-0.39, 0.29) is 0 Å². The molecule has 33 valence electrons. The van der Waals surface area contributed by atoms with Crippen molar-refractivity contribution in [3.05, 3.63) is 12.2 Å². The Kier molecular flexibility index (Phi) is 1.28. The van der Waals surface area contributed by atoms with Gasteiger partial charge in [-0.05, 0) is 6.42 Å². The van der Waals surface area contributed by atoms with E-state index < -0.39 is 0 Å². The van der Waals surface area contributed by atoms with E-state index in [0.29, 0.717) is 0 Å². The minimum Gasteiger partial charge on any atom is -0.237 e. The third-order valence-electron chi connectivity index (χ3n) is 0.855. The van der Waals surface area contributed by atoms with Crippen LogP contribution in [0.15, 0.2) is 12.2 Å². The van der Waals surface area contributed by atoms with Crippen molar-refractivity contribution in [2.45, 2.75) is 6.42 Å². The van der Waals surface area contributed by atoms with E-state index in [2.05, 4.69) is 17.5 Å². The summed E-state index contributed by atoms with van der Waals surface area (Å²) in [6, 6.07) is 0. The zero-order valence-electron chi connectivity index (χ0n) is 3.72. The lowest BCUT2D eigenvalue weighted by Gasteiger charge is -1.98. The summed E-state index contributed by atoms with van der Waals surface area (Å²) in [6.07, 6.45) is 5.43. The third-order valence-corrected chi connectivity index (χ3v) is 0.855. The molecular weight excluding hydrogens is 74.1 g/mol. The topological polar surface area (TPSA) is 14.1 Å². The largest absolute Gasteiger partial charge is 0.237 e. The van der Waals surface area contributed by atoms with Crippen LogP contribution in [0.25, 0.3) is 0 Å². The van der Waals surface area contributed by atoms with Crippen LogP contribution in [0.1, 0.15) is 6.42 Å². The highest BCUT2D eigenvalue weighted by molar-refractivity contribution is 4.88. The van der Waals surface area contributed by atoms with Crippen LogP contribution >= 0.6 is 0 Å². The van der Waals surface area contributed by atoms with Gasteiger partial charge in [0.1, 0.15) is 0 Å². The average Bonchev–Trinajstić information content (AvgIpc) is 1.72. The lowest BCUT2D eigenvalue weighted by molar-refractivity contribution is 0.713. The summed E-state index contributed by atoms with van der Waals surface area (Å²) in [4.78, 5) is 0. The van der Waals surface area contributed by atoms with E-state index in [4.69, 9.17) is 0 Å². The second kappa shape index (κ2) is 1.98. The van der Waals surface area contributed by atoms with Crippen molar-refractivity contribution in [1.29, 1.82) is 0 Å². The van der Waals surface area contributed by atoms with Crippen LogP contribution in [0.5, 0.6) is 0 Å². The summed E-state index contributed by atoms with van der Waals surface area (Å²) in [5.41, 5.74) is 0. The zero-order chi connectivity index (χ0) is 4.24. The van der Waals surface area contributed by atoms with Crippen molar-refractivity contribution in [2.75, 3.05) is 13.1 Å². The summed E-state index contributed by atoms with van der Waals surface area (Å²) < 4.78 is 0. The number of rotatable bonds is 0. The Morgan fingerprint density at radius 3 is 2.50 bits per heavy atom. The van der Waals surface area contributed by atoms with Crippen LogP contribution in [0, 0.1) is 0 Å². The molecule has 0 unspecified atom stereocenters. The highest BCUT2D eigenvalue weighted by Gasteiger charge is 1.86. The van der Waals surface area contributed by atoms with Crippen LogP contribution in [0.2, 0.25) is 0 Å². The molecule has 0 spiro atoms. The fraction of sp³-hybridized carbons (Fsp3) is 0.600. The average molecular weight is 82.1 g/mol. The monoisotopic (exact) mass is 82.1 g/mol. The van der Waals surface area contributed by atoms with E-state index in [1.807, 2.05) is 0 Å². The van der Waals surface area contributed by atoms with Gasteiger partial charge in [-0.25, -0.2) is 5.32 Å². The zero-order valence-corrected chi connectivity index (χ0v) is 3.72. The van der Waals surface area contributed by atoms with E-state index in [9.17, 15) is 0 Å². The standard InChI is InChI=1S/C5H8N/c1-2-4-6-5-3-1/h1-2H,3-5H2. The van der Waals surface area contributed by atoms with Gasteiger partial charge < -0.3 is 0 Å². The fourth-order valence-electron chi connectivity index (χ4n) is 0.524. The molecule has 0 N–H and O–H groups in total. The molecule has 1 radical (unpaired) electrons. The lowest BCUT2D eigenvalue weighted by Crippen LogP contribution is -2.08. The van der Waals surface area contributed by atoms with E-state index in [0.717, 1.165) is 19.5 Å². The van der Waals surface area contributed by atoms with Gasteiger partial charge in [-0.1, -0.05) is 12.2 Å². The van der Waals surface area contributed by atoms with Gasteiger partial charge in [-0.2, -0.15) is 0 Å². The van der Waals surface area contributed by atoms with E-state index in [1.165, 1.54) is 0 Å². The molecule has 1 heterocycles. The SMILES string of the molecule is C1=CC[N]CC1. The molecule has 0 atom stereocenters. The Labute approximate surface area is 38.1 Å². The molecule has 0 saturated heterocycles. The molecule has 0 aromatic heterocycles. The predicted octanol–water partition coefficient (Wildman–Crippen LogP) is 0.551. The first-order chi connectivity index (χ1) is 3.00. The summed E-state index contributed by atoms with van der Waals surface area (Å²) >= 11 is 0. The minimum atomic E-state index is 0.944. The summed E-state index contributed by atoms with van der Waals surface area (Å²) in [5.74, 6) is 0. The maximum absolute atomic E-state index is 4.09. The van der Waals surface area contributed by atoms with Crippen molar-refractivity contribution >= 4 is 0 Å². The van der Waals surface area contributed by atoms with Crippen molar-refractivity contribution in [2.24, 2.45) is 0 Å². The molecule has 0 aliphatic carbocycles. The van der Waals surface area contributed by atoms with Crippen LogP contribution in [0.4, 0.5) is 0 Å². The van der Waals surface area contributed by atoms with Gasteiger partial charge in [0, 0.05) is 13.1 Å². The van der Waals surface area contributed by atoms with Crippen molar-refractivity contribution in [3.8, 4) is 0 Å². The number of nitrogens with zero attached hydrogens (tertiary/aromatic N) is 1. The normalized spacial score (nSPS) is 21.3. The van der Waals surface area contributed by atoms with Crippen LogP contribution in [-0.4, -0.2) is 13.1 Å². The fourth-order valence-corrected chi connectivity index (χ4v) is 0.524. The van der Waals surface area contributed by atoms with Gasteiger partial charge in [-0.15, -0.1) is 0 Å². The molecule has 0 aromatic rings. The van der Waals surface area contributed by atoms with Crippen molar-refractivity contribution in [3.63, 3.8) is 0 Å². The smallest absolute Gasteiger partial charge is 0.0314 e. The first-order valence-electron chi connectivity index (χ1n) is 2.28. The highest BCUT2D eigenvalue weighted by atomic mass is 14.8. The molecular formula is C5H8N. The van der Waals surface area contributed by atoms with E-state index in [1.54, 1.807) is 0 Å². The van der Waals surface area contributed by atoms with Gasteiger partial charge in [0.05, 0.1) is 0 Å². The lowest BCUT2D eigenvalue weighted by atomic mass is 10.3. The highest BCUT2D eigenvalue weighted by Crippen LogP contribution is 1.86. The maximum atomic E-state index is 4.09. The second-order valence-electron chi connectivity index (χ2n) is 1.39. The predicted molar refractivity (Wildman–Crippen MR) is 25.6 cm³/mol. The van der Waals surface area contributed by atoms with E-state index >= 15 is 0 Å². The Hall–Kier alpha value is -0.300. The van der Waals surface area contributed by atoms with Gasteiger partial charge in [0.2, 0.25) is 0 Å². The molecule has 0 fully saturated rings. The van der Waals surface area contributed by atoms with Crippen LogP contribution < -0.4 is 5.32 Å². The molecule has 1 heteroatoms. The first-order valence-corrected chi connectivity index (χ1v) is 2.28. The van der Waals surface area contributed by atoms with Crippen molar-refractivity contribution < 1.29 is 0 Å². The Bertz CT molecular complexity index is 49.0. The van der Waals surface area contributed by atoms with Crippen LogP contribution in [0.3, 0.4) is 0 Å². The first kappa shape index (κ1) is 3.88. The Morgan fingerprint density at radius 2 is 2.33 bits per heavy atom. The van der Waals surface area contributed by atoms with Gasteiger partial charge >= 0.3 is 0 Å². The minimum absolute atomic E-state index is 0.944. The molecule has 0 saturated carbocycles. The van der Waals surface area contributed by atoms with Crippen LogP contribution in [-0.2, 0) is 0 Å². The Morgan fingerprint density at radius 1 is 1.33 bits per heavy atom. The van der Waals surface area contributed by atoms with Gasteiger partial charge in [-0.3, -0.25) is 0 Å². The molecule has 1 aliphatic heterocycles. The second-order valence-corrected chi connectivity index (χ2v) is 1.39. The van der Waals surface area contributed by atoms with Gasteiger partial charge in [0.25, 0.3) is 0 Å². The molecule has 1 aliphatic rings. The molecule has 1 rings (SSSR count). The Balaban J connectivity index is 2.26. The maximum Gasteiger partial charge on any atom is 0.0314 e. The number of hydrogen-bond donors (Lipinski definition) is 0. The molecule has 1 nitrogen and oxygen atoms in total. The molecule has 0 aromatic carbocycles. The van der Waals surface area contributed by atoms with Gasteiger partial charge in [0.15, 0.2) is 0 Å². The summed E-state index contributed by atoms with van der Waals surface area (Å²) in [6.45, 7) is 1.98. The summed E-state index contributed by atoms with van der Waals surface area (Å²) in [5, 5.41) is 4.09. The van der Waals surface area contributed by atoms with Crippen molar-refractivity contribution in [1.82, 2.24) is 5.32 Å². The quantitative estimate of drug-likeness (QED) is 0.379. The third kappa shape index (κ3) is 0.830. The number of hydrogen-bond acceptors (Lipinski definition) is 0.